The number of rotatable bonds is 5. The lowest BCUT2D eigenvalue weighted by molar-refractivity contribution is -0.138. The van der Waals surface area contributed by atoms with Gasteiger partial charge in [-0.3, -0.25) is 14.5 Å². The first-order valence-electron chi connectivity index (χ1n) is 7.75. The number of carbonyl (C=O) groups is 2. The van der Waals surface area contributed by atoms with Crippen LogP contribution in [0.3, 0.4) is 0 Å². The van der Waals surface area contributed by atoms with Gasteiger partial charge < -0.3 is 5.11 Å². The molecule has 1 aliphatic rings. The molecule has 1 fully saturated rings. The molecule has 2 rings (SSSR count). The van der Waals surface area contributed by atoms with E-state index in [0.717, 1.165) is 23.5 Å². The minimum Gasteiger partial charge on any atom is -0.507 e. The van der Waals surface area contributed by atoms with E-state index in [2.05, 4.69) is 0 Å². The Balaban J connectivity index is 2.19. The number of benzene rings is 1. The molecule has 8 heteroatoms. The molecule has 1 N–H and O–H groups in total. The highest BCUT2D eigenvalue weighted by atomic mass is 32.2. The highest BCUT2D eigenvalue weighted by molar-refractivity contribution is 8.18. The van der Waals surface area contributed by atoms with Crippen LogP contribution < -0.4 is 0 Å². The predicted molar refractivity (Wildman–Crippen MR) is 89.9 cm³/mol. The number of hydrogen-bond acceptors (Lipinski definition) is 4. The molecule has 1 aromatic carbocycles. The summed E-state index contributed by atoms with van der Waals surface area (Å²) in [5, 5.41) is 8.91. The van der Waals surface area contributed by atoms with Gasteiger partial charge in [0, 0.05) is 6.54 Å². The van der Waals surface area contributed by atoms with E-state index in [1.807, 2.05) is 13.8 Å². The normalized spacial score (nSPS) is 17.2. The first-order chi connectivity index (χ1) is 11.6. The minimum absolute atomic E-state index is 0.0772. The van der Waals surface area contributed by atoms with E-state index in [1.165, 1.54) is 12.1 Å². The average molecular weight is 373 g/mol. The lowest BCUT2D eigenvalue weighted by Gasteiger charge is -2.13. The van der Waals surface area contributed by atoms with Crippen molar-refractivity contribution in [1.82, 2.24) is 4.90 Å². The van der Waals surface area contributed by atoms with Crippen LogP contribution in [-0.4, -0.2) is 27.7 Å². The van der Waals surface area contributed by atoms with E-state index in [1.54, 1.807) is 0 Å². The van der Waals surface area contributed by atoms with Crippen LogP contribution >= 0.6 is 11.8 Å². The molecule has 0 radical (unpaired) electrons. The van der Waals surface area contributed by atoms with E-state index in [-0.39, 0.29) is 10.5 Å². The molecule has 0 spiro atoms. The molecular formula is C17H18F3NO3S. The summed E-state index contributed by atoms with van der Waals surface area (Å²) < 4.78 is 38.5. The van der Waals surface area contributed by atoms with Crippen LogP contribution in [-0.2, 0) is 11.0 Å². The quantitative estimate of drug-likeness (QED) is 0.747. The summed E-state index contributed by atoms with van der Waals surface area (Å²) >= 11 is 0.708. The van der Waals surface area contributed by atoms with Crippen molar-refractivity contribution in [3.63, 3.8) is 0 Å². The Hall–Kier alpha value is -1.96. The summed E-state index contributed by atoms with van der Waals surface area (Å²) in [7, 11) is 0. The second-order valence-electron chi connectivity index (χ2n) is 6.14. The van der Waals surface area contributed by atoms with Crippen molar-refractivity contribution in [3.8, 4) is 5.75 Å². The van der Waals surface area contributed by atoms with Crippen molar-refractivity contribution in [1.29, 1.82) is 0 Å². The van der Waals surface area contributed by atoms with E-state index in [0.29, 0.717) is 30.6 Å². The third-order valence-electron chi connectivity index (χ3n) is 3.66. The summed E-state index contributed by atoms with van der Waals surface area (Å²) in [4.78, 5) is 25.4. The van der Waals surface area contributed by atoms with Crippen LogP contribution in [0, 0.1) is 5.92 Å². The van der Waals surface area contributed by atoms with Crippen molar-refractivity contribution < 1.29 is 27.9 Å². The van der Waals surface area contributed by atoms with Gasteiger partial charge in [0.2, 0.25) is 0 Å². The van der Waals surface area contributed by atoms with Crippen LogP contribution in [0.4, 0.5) is 18.0 Å². The first kappa shape index (κ1) is 19.4. The van der Waals surface area contributed by atoms with Crippen LogP contribution in [0.1, 0.15) is 37.8 Å². The average Bonchev–Trinajstić information content (AvgIpc) is 2.75. The van der Waals surface area contributed by atoms with Gasteiger partial charge in [0.25, 0.3) is 11.1 Å². The smallest absolute Gasteiger partial charge is 0.419 e. The molecule has 0 aromatic heterocycles. The van der Waals surface area contributed by atoms with Crippen LogP contribution in [0.25, 0.3) is 6.08 Å². The Kier molecular flexibility index (Phi) is 5.82. The zero-order valence-electron chi connectivity index (χ0n) is 13.8. The number of alkyl halides is 3. The fourth-order valence-corrected chi connectivity index (χ4v) is 3.24. The number of hydrogen-bond donors (Lipinski definition) is 1. The molecule has 0 bridgehead atoms. The Bertz CT molecular complexity index is 714. The van der Waals surface area contributed by atoms with Gasteiger partial charge in [-0.2, -0.15) is 13.2 Å². The molecule has 0 saturated carbocycles. The third-order valence-corrected chi connectivity index (χ3v) is 4.57. The molecule has 136 valence electrons. The molecule has 2 amide bonds. The monoisotopic (exact) mass is 373 g/mol. The molecule has 25 heavy (non-hydrogen) atoms. The van der Waals surface area contributed by atoms with Gasteiger partial charge in [0.1, 0.15) is 5.75 Å². The summed E-state index contributed by atoms with van der Waals surface area (Å²) in [5.74, 6) is -0.930. The maximum absolute atomic E-state index is 12.8. The lowest BCUT2D eigenvalue weighted by Crippen LogP contribution is -2.29. The number of halogens is 3. The maximum Gasteiger partial charge on any atom is 0.419 e. The van der Waals surface area contributed by atoms with Gasteiger partial charge in [-0.15, -0.1) is 0 Å². The molecule has 4 nitrogen and oxygen atoms in total. The molecular weight excluding hydrogens is 355 g/mol. The number of imide groups is 1. The third kappa shape index (κ3) is 4.78. The number of thioether (sulfide) groups is 1. The number of phenols is 1. The molecule has 1 aliphatic heterocycles. The van der Waals surface area contributed by atoms with E-state index in [9.17, 15) is 27.9 Å². The van der Waals surface area contributed by atoms with Gasteiger partial charge in [0.15, 0.2) is 0 Å². The first-order valence-corrected chi connectivity index (χ1v) is 8.57. The van der Waals surface area contributed by atoms with Gasteiger partial charge in [-0.25, -0.2) is 0 Å². The van der Waals surface area contributed by atoms with Crippen molar-refractivity contribution >= 4 is 29.0 Å². The van der Waals surface area contributed by atoms with Crippen molar-refractivity contribution in [2.24, 2.45) is 5.92 Å². The van der Waals surface area contributed by atoms with Crippen LogP contribution in [0.5, 0.6) is 5.75 Å². The van der Waals surface area contributed by atoms with Crippen molar-refractivity contribution in [2.45, 2.75) is 32.9 Å². The molecule has 1 saturated heterocycles. The Morgan fingerprint density at radius 3 is 2.56 bits per heavy atom. The van der Waals surface area contributed by atoms with Gasteiger partial charge in [-0.1, -0.05) is 19.9 Å². The van der Waals surface area contributed by atoms with Crippen molar-refractivity contribution in [3.05, 3.63) is 34.2 Å². The van der Waals surface area contributed by atoms with E-state index >= 15 is 0 Å². The minimum atomic E-state index is -4.70. The van der Waals surface area contributed by atoms with E-state index < -0.39 is 28.6 Å². The zero-order valence-corrected chi connectivity index (χ0v) is 14.6. The SMILES string of the molecule is CC(C)CCCN1C(=O)S/C(=C\c2ccc(O)c(C(F)(F)F)c2)C1=O. The van der Waals surface area contributed by atoms with Crippen molar-refractivity contribution in [2.75, 3.05) is 6.54 Å². The topological polar surface area (TPSA) is 57.6 Å². The molecule has 1 aromatic rings. The van der Waals surface area contributed by atoms with Gasteiger partial charge >= 0.3 is 6.18 Å². The number of amides is 2. The lowest BCUT2D eigenvalue weighted by atomic mass is 10.1. The zero-order chi connectivity index (χ0) is 18.8. The Labute approximate surface area is 147 Å². The van der Waals surface area contributed by atoms with Gasteiger partial charge in [0.05, 0.1) is 10.5 Å². The summed E-state index contributed by atoms with van der Waals surface area (Å²) in [6.45, 7) is 4.37. The molecule has 0 unspecified atom stereocenters. The number of phenolic OH excluding ortho intramolecular Hbond substituents is 1. The van der Waals surface area contributed by atoms with E-state index in [4.69, 9.17) is 0 Å². The molecule has 0 atom stereocenters. The number of nitrogens with zero attached hydrogens (tertiary/aromatic N) is 1. The highest BCUT2D eigenvalue weighted by Gasteiger charge is 2.36. The molecule has 1 heterocycles. The second-order valence-corrected chi connectivity index (χ2v) is 7.14. The predicted octanol–water partition coefficient (Wildman–Crippen LogP) is 4.88. The summed E-state index contributed by atoms with van der Waals surface area (Å²) in [6.07, 6.45) is -1.92. The summed E-state index contributed by atoms with van der Waals surface area (Å²) in [6, 6.07) is 2.93. The summed E-state index contributed by atoms with van der Waals surface area (Å²) in [5.41, 5.74) is -1.09. The standard InChI is InChI=1S/C17H18F3NO3S/c1-10(2)4-3-7-21-15(23)14(25-16(21)24)9-11-5-6-13(22)12(8-11)17(18,19)20/h5-6,8-10,22H,3-4,7H2,1-2H3/b14-9-. The van der Waals surface area contributed by atoms with Crippen LogP contribution in [0.15, 0.2) is 23.1 Å². The second kappa shape index (κ2) is 7.51. The van der Waals surface area contributed by atoms with Gasteiger partial charge in [-0.05, 0) is 54.3 Å². The Morgan fingerprint density at radius 2 is 1.96 bits per heavy atom. The molecule has 0 aliphatic carbocycles. The fourth-order valence-electron chi connectivity index (χ4n) is 2.37. The number of aromatic hydroxyl groups is 1. The number of carbonyl (C=O) groups excluding carboxylic acids is 2. The Morgan fingerprint density at radius 1 is 1.28 bits per heavy atom. The fraction of sp³-hybridized carbons (Fsp3) is 0.412. The van der Waals surface area contributed by atoms with Crippen LogP contribution in [0.2, 0.25) is 0 Å². The maximum atomic E-state index is 12.8. The largest absolute Gasteiger partial charge is 0.507 e. The highest BCUT2D eigenvalue weighted by Crippen LogP contribution is 2.38.